The number of nitrogens with zero attached hydrogens (tertiary/aromatic N) is 4. The van der Waals surface area contributed by atoms with Gasteiger partial charge in [0.2, 0.25) is 5.91 Å². The Kier molecular flexibility index (Phi) is 6.76. The molecular weight excluding hydrogens is 495 g/mol. The van der Waals surface area contributed by atoms with Crippen LogP contribution in [0.15, 0.2) is 47.6 Å². The normalized spacial score (nSPS) is 21.3. The van der Waals surface area contributed by atoms with Crippen LogP contribution in [-0.2, 0) is 17.8 Å². The number of fused-ring (bicyclic) bond motifs is 2. The molecule has 0 bridgehead atoms. The molecule has 0 spiro atoms. The van der Waals surface area contributed by atoms with Crippen LogP contribution in [0, 0.1) is 12.7 Å². The maximum absolute atomic E-state index is 13.8. The second-order valence-electron chi connectivity index (χ2n) is 10.9. The highest BCUT2D eigenvalue weighted by atomic mass is 19.1. The van der Waals surface area contributed by atoms with E-state index in [4.69, 9.17) is 9.98 Å². The molecule has 3 aromatic rings. The number of nitrogens with one attached hydrogen (secondary N) is 2. The fourth-order valence-corrected chi connectivity index (χ4v) is 5.87. The monoisotopic (exact) mass is 528 g/mol. The number of aliphatic imine (C=N–C) groups is 1. The number of hydrogen-bond donors (Lipinski definition) is 2. The first-order valence-corrected chi connectivity index (χ1v) is 13.7. The topological polar surface area (TPSA) is 93.7 Å². The highest BCUT2D eigenvalue weighted by Gasteiger charge is 2.33. The molecule has 0 radical (unpaired) electrons. The van der Waals surface area contributed by atoms with Gasteiger partial charge in [0.15, 0.2) is 0 Å². The van der Waals surface area contributed by atoms with Crippen LogP contribution >= 0.6 is 0 Å². The lowest BCUT2D eigenvalue weighted by molar-refractivity contribution is -0.120. The summed E-state index contributed by atoms with van der Waals surface area (Å²) in [5.41, 5.74) is 5.60. The summed E-state index contributed by atoms with van der Waals surface area (Å²) >= 11 is 0. The number of imidazole rings is 1. The zero-order valence-corrected chi connectivity index (χ0v) is 22.3. The summed E-state index contributed by atoms with van der Waals surface area (Å²) in [5, 5.41) is 2.76. The molecule has 3 aliphatic rings. The first-order chi connectivity index (χ1) is 18.9. The third kappa shape index (κ3) is 5.11. The fraction of sp³-hybridized carbons (Fsp3) is 0.400. The molecule has 2 atom stereocenters. The highest BCUT2D eigenvalue weighted by molar-refractivity contribution is 6.16. The molecule has 202 valence electrons. The third-order valence-corrected chi connectivity index (χ3v) is 8.00. The average molecular weight is 529 g/mol. The summed E-state index contributed by atoms with van der Waals surface area (Å²) in [7, 11) is 0. The van der Waals surface area contributed by atoms with Crippen LogP contribution in [0.5, 0.6) is 0 Å². The third-order valence-electron chi connectivity index (χ3n) is 8.00. The number of aromatic nitrogens is 2. The summed E-state index contributed by atoms with van der Waals surface area (Å²) in [6.45, 7) is 8.36. The van der Waals surface area contributed by atoms with Crippen molar-refractivity contribution < 1.29 is 14.0 Å². The summed E-state index contributed by atoms with van der Waals surface area (Å²) in [4.78, 5) is 43.3. The van der Waals surface area contributed by atoms with Gasteiger partial charge in [0.1, 0.15) is 17.6 Å². The summed E-state index contributed by atoms with van der Waals surface area (Å²) in [6, 6.07) is 8.42. The van der Waals surface area contributed by atoms with Crippen molar-refractivity contribution in [2.24, 2.45) is 4.99 Å². The molecule has 8 nitrogen and oxygen atoms in total. The smallest absolute Gasteiger partial charge is 0.254 e. The van der Waals surface area contributed by atoms with Gasteiger partial charge in [-0.1, -0.05) is 6.07 Å². The van der Waals surface area contributed by atoms with Gasteiger partial charge in [-0.2, -0.15) is 0 Å². The molecule has 0 saturated carbocycles. The quantitative estimate of drug-likeness (QED) is 0.487. The SMILES string of the molecule is Cc1ccc(F)cc1C[C@H](C)N=C1C=CNC(=O)C1c1nc2cc3c(cc2[nH]1)CN(CCN1CCCC1)C3=O. The molecule has 1 fully saturated rings. The Morgan fingerprint density at radius 1 is 1.15 bits per heavy atom. The first kappa shape index (κ1) is 25.4. The van der Waals surface area contributed by atoms with Crippen LogP contribution in [-0.4, -0.2) is 69.5 Å². The van der Waals surface area contributed by atoms with Gasteiger partial charge >= 0.3 is 0 Å². The molecule has 6 rings (SSSR count). The van der Waals surface area contributed by atoms with Crippen LogP contribution < -0.4 is 5.32 Å². The number of carbonyl (C=O) groups is 2. The van der Waals surface area contributed by atoms with Crippen molar-refractivity contribution in [1.82, 2.24) is 25.1 Å². The standard InChI is InChI=1S/C30H33FN6O2/c1-18-5-6-22(31)14-20(18)13-19(2)33-24-7-8-32-29(38)27(24)28-34-25-15-21-17-37(12-11-36-9-3-4-10-36)30(39)23(21)16-26(25)35-28/h5-8,14-16,19,27H,3-4,9-13,17H2,1-2H3,(H,32,38)(H,34,35)/t19-,27?/m0/s1. The van der Waals surface area contributed by atoms with E-state index in [-0.39, 0.29) is 23.7 Å². The maximum Gasteiger partial charge on any atom is 0.254 e. The van der Waals surface area contributed by atoms with E-state index in [0.717, 1.165) is 48.4 Å². The Labute approximate surface area is 227 Å². The Hall–Kier alpha value is -3.85. The molecule has 1 saturated heterocycles. The van der Waals surface area contributed by atoms with Crippen molar-refractivity contribution in [1.29, 1.82) is 0 Å². The minimum Gasteiger partial charge on any atom is -0.341 e. The van der Waals surface area contributed by atoms with Crippen LogP contribution in [0.3, 0.4) is 0 Å². The van der Waals surface area contributed by atoms with Gasteiger partial charge in [-0.15, -0.1) is 0 Å². The van der Waals surface area contributed by atoms with Gasteiger partial charge < -0.3 is 20.1 Å². The van der Waals surface area contributed by atoms with E-state index in [0.29, 0.717) is 35.6 Å². The van der Waals surface area contributed by atoms with Gasteiger partial charge in [-0.3, -0.25) is 14.6 Å². The number of halogens is 1. The molecule has 0 aliphatic carbocycles. The van der Waals surface area contributed by atoms with E-state index in [2.05, 4.69) is 15.2 Å². The number of H-pyrrole nitrogens is 1. The van der Waals surface area contributed by atoms with E-state index >= 15 is 0 Å². The molecule has 2 aromatic carbocycles. The second kappa shape index (κ2) is 10.4. The van der Waals surface area contributed by atoms with E-state index in [1.165, 1.54) is 18.9 Å². The van der Waals surface area contributed by atoms with Crippen molar-refractivity contribution in [2.45, 2.75) is 51.6 Å². The highest BCUT2D eigenvalue weighted by Crippen LogP contribution is 2.29. The Balaban J connectivity index is 1.23. The molecule has 4 heterocycles. The molecule has 1 unspecified atom stereocenters. The van der Waals surface area contributed by atoms with Crippen LogP contribution in [0.2, 0.25) is 0 Å². The first-order valence-electron chi connectivity index (χ1n) is 13.7. The van der Waals surface area contributed by atoms with Crippen LogP contribution in [0.25, 0.3) is 11.0 Å². The van der Waals surface area contributed by atoms with Crippen LogP contribution in [0.4, 0.5) is 4.39 Å². The van der Waals surface area contributed by atoms with E-state index in [1.807, 2.05) is 30.9 Å². The lowest BCUT2D eigenvalue weighted by Crippen LogP contribution is -2.35. The zero-order chi connectivity index (χ0) is 27.1. The van der Waals surface area contributed by atoms with Crippen molar-refractivity contribution in [2.75, 3.05) is 26.2 Å². The van der Waals surface area contributed by atoms with Gasteiger partial charge in [0.25, 0.3) is 5.91 Å². The Bertz CT molecular complexity index is 1500. The molecule has 9 heteroatoms. The minimum atomic E-state index is -0.707. The summed E-state index contributed by atoms with van der Waals surface area (Å²) < 4.78 is 13.8. The van der Waals surface area contributed by atoms with E-state index < -0.39 is 5.92 Å². The number of allylic oxidation sites excluding steroid dienone is 1. The van der Waals surface area contributed by atoms with Crippen molar-refractivity contribution in [3.05, 3.63) is 76.5 Å². The fourth-order valence-electron chi connectivity index (χ4n) is 5.87. The summed E-state index contributed by atoms with van der Waals surface area (Å²) in [6.07, 6.45) is 6.40. The van der Waals surface area contributed by atoms with Gasteiger partial charge in [0, 0.05) is 31.4 Å². The number of amides is 2. The summed E-state index contributed by atoms with van der Waals surface area (Å²) in [5.74, 6) is -0.672. The molecule has 39 heavy (non-hydrogen) atoms. The Morgan fingerprint density at radius 3 is 2.79 bits per heavy atom. The molecular formula is C30H33FN6O2. The number of aryl methyl sites for hydroxylation is 1. The number of likely N-dealkylation sites (tertiary alicyclic amines) is 1. The number of hydrogen-bond acceptors (Lipinski definition) is 5. The lowest BCUT2D eigenvalue weighted by atomic mass is 9.97. The molecule has 1 aromatic heterocycles. The average Bonchev–Trinajstić information content (AvgIpc) is 3.63. The van der Waals surface area contributed by atoms with E-state index in [1.54, 1.807) is 24.4 Å². The molecule has 2 N–H and O–H groups in total. The largest absolute Gasteiger partial charge is 0.341 e. The second-order valence-corrected chi connectivity index (χ2v) is 10.9. The zero-order valence-electron chi connectivity index (χ0n) is 22.3. The lowest BCUT2D eigenvalue weighted by Gasteiger charge is -2.20. The number of carbonyl (C=O) groups excluding carboxylic acids is 2. The minimum absolute atomic E-state index is 0.0395. The maximum atomic E-state index is 13.8. The van der Waals surface area contributed by atoms with Crippen molar-refractivity contribution >= 4 is 28.6 Å². The van der Waals surface area contributed by atoms with E-state index in [9.17, 15) is 14.0 Å². The molecule has 2 amide bonds. The van der Waals surface area contributed by atoms with Gasteiger partial charge in [0.05, 0.1) is 22.8 Å². The number of rotatable bonds is 7. The number of benzene rings is 2. The van der Waals surface area contributed by atoms with Crippen molar-refractivity contribution in [3.8, 4) is 0 Å². The van der Waals surface area contributed by atoms with Crippen molar-refractivity contribution in [3.63, 3.8) is 0 Å². The van der Waals surface area contributed by atoms with Crippen LogP contribution in [0.1, 0.15) is 58.6 Å². The Morgan fingerprint density at radius 2 is 1.97 bits per heavy atom. The predicted octanol–water partition coefficient (Wildman–Crippen LogP) is 3.86. The van der Waals surface area contributed by atoms with Gasteiger partial charge in [-0.05, 0) is 93.2 Å². The predicted molar refractivity (Wildman–Crippen MR) is 148 cm³/mol. The molecule has 3 aliphatic heterocycles. The van der Waals surface area contributed by atoms with Gasteiger partial charge in [-0.25, -0.2) is 9.37 Å². The number of aromatic amines is 1.